The minimum Gasteiger partial charge on any atom is -0.392 e. The molecule has 6 heteroatoms. The Morgan fingerprint density at radius 1 is 1.41 bits per heavy atom. The molecule has 0 saturated carbocycles. The summed E-state index contributed by atoms with van der Waals surface area (Å²) in [6.45, 7) is 5.60. The Bertz CT molecular complexity index is 623. The van der Waals surface area contributed by atoms with Gasteiger partial charge in [-0.3, -0.25) is 9.59 Å². The van der Waals surface area contributed by atoms with E-state index in [1.54, 1.807) is 6.92 Å². The number of aryl methyl sites for hydroxylation is 2. The van der Waals surface area contributed by atoms with Crippen LogP contribution in [0.15, 0.2) is 23.3 Å². The number of anilines is 1. The van der Waals surface area contributed by atoms with Crippen LogP contribution in [0.2, 0.25) is 0 Å². The van der Waals surface area contributed by atoms with Crippen LogP contribution in [-0.4, -0.2) is 35.3 Å². The van der Waals surface area contributed by atoms with Crippen molar-refractivity contribution in [2.75, 3.05) is 11.6 Å². The maximum atomic E-state index is 12.1. The Kier molecular flexibility index (Phi) is 4.92. The predicted molar refractivity (Wildman–Crippen MR) is 84.8 cm³/mol. The van der Waals surface area contributed by atoms with E-state index < -0.39 is 6.10 Å². The number of benzene rings is 1. The lowest BCUT2D eigenvalue weighted by molar-refractivity contribution is -0.119. The van der Waals surface area contributed by atoms with Gasteiger partial charge in [0, 0.05) is 19.4 Å². The number of carbonyl (C=O) groups excluding carboxylic acids is 2. The van der Waals surface area contributed by atoms with Gasteiger partial charge in [0.15, 0.2) is 0 Å². The van der Waals surface area contributed by atoms with Gasteiger partial charge in [0.25, 0.3) is 5.91 Å². The van der Waals surface area contributed by atoms with Crippen LogP contribution >= 0.6 is 0 Å². The van der Waals surface area contributed by atoms with Gasteiger partial charge in [-0.2, -0.15) is 5.10 Å². The fourth-order valence-corrected chi connectivity index (χ4v) is 2.19. The highest BCUT2D eigenvalue weighted by Crippen LogP contribution is 2.25. The quantitative estimate of drug-likeness (QED) is 0.879. The van der Waals surface area contributed by atoms with E-state index in [0.717, 1.165) is 11.1 Å². The Morgan fingerprint density at radius 3 is 2.82 bits per heavy atom. The molecule has 22 heavy (non-hydrogen) atoms. The zero-order valence-electron chi connectivity index (χ0n) is 13.1. The second kappa shape index (κ2) is 6.70. The molecule has 1 aliphatic heterocycles. The van der Waals surface area contributed by atoms with Crippen LogP contribution in [0.1, 0.15) is 30.9 Å². The molecule has 1 unspecified atom stereocenters. The summed E-state index contributed by atoms with van der Waals surface area (Å²) in [5.74, 6) is -0.468. The van der Waals surface area contributed by atoms with E-state index in [-0.39, 0.29) is 24.8 Å². The minimum absolute atomic E-state index is 0.124. The van der Waals surface area contributed by atoms with Crippen molar-refractivity contribution in [1.82, 2.24) is 5.32 Å². The third-order valence-corrected chi connectivity index (χ3v) is 3.45. The van der Waals surface area contributed by atoms with E-state index in [1.807, 2.05) is 32.0 Å². The molecular formula is C16H21N3O3. The molecule has 2 amide bonds. The van der Waals surface area contributed by atoms with Gasteiger partial charge in [-0.1, -0.05) is 12.1 Å². The molecule has 2 rings (SSSR count). The maximum absolute atomic E-state index is 12.1. The van der Waals surface area contributed by atoms with Crippen molar-refractivity contribution in [2.45, 2.75) is 39.7 Å². The average Bonchev–Trinajstić information content (AvgIpc) is 2.48. The molecule has 118 valence electrons. The average molecular weight is 303 g/mol. The van der Waals surface area contributed by atoms with Crippen LogP contribution in [0.3, 0.4) is 0 Å². The summed E-state index contributed by atoms with van der Waals surface area (Å²) in [5, 5.41) is 17.4. The zero-order valence-corrected chi connectivity index (χ0v) is 13.1. The normalized spacial score (nSPS) is 16.3. The van der Waals surface area contributed by atoms with E-state index >= 15 is 0 Å². The lowest BCUT2D eigenvalue weighted by atomic mass is 10.1. The molecule has 1 heterocycles. The summed E-state index contributed by atoms with van der Waals surface area (Å²) in [6, 6.07) is 5.77. The molecule has 1 aromatic rings. The fourth-order valence-electron chi connectivity index (χ4n) is 2.19. The SMILES string of the molecule is Cc1ccc(C)c(N2N=C(C(=O)NCC(C)O)CCC2=O)c1. The summed E-state index contributed by atoms with van der Waals surface area (Å²) in [7, 11) is 0. The molecule has 0 fully saturated rings. The van der Waals surface area contributed by atoms with E-state index in [1.165, 1.54) is 5.01 Å². The van der Waals surface area contributed by atoms with Crippen LogP contribution in [0.4, 0.5) is 5.69 Å². The van der Waals surface area contributed by atoms with Crippen molar-refractivity contribution in [2.24, 2.45) is 5.10 Å². The standard InChI is InChI=1S/C16H21N3O3/c1-10-4-5-11(2)14(8-10)19-15(21)7-6-13(18-19)16(22)17-9-12(3)20/h4-5,8,12,20H,6-7,9H2,1-3H3,(H,17,22). The van der Waals surface area contributed by atoms with Gasteiger partial charge in [-0.05, 0) is 38.0 Å². The van der Waals surface area contributed by atoms with E-state index in [4.69, 9.17) is 0 Å². The molecule has 0 saturated heterocycles. The first-order valence-corrected chi connectivity index (χ1v) is 7.32. The highest BCUT2D eigenvalue weighted by molar-refractivity contribution is 6.40. The Labute approximate surface area is 129 Å². The van der Waals surface area contributed by atoms with Gasteiger partial charge in [-0.25, -0.2) is 5.01 Å². The molecule has 6 nitrogen and oxygen atoms in total. The number of amides is 2. The van der Waals surface area contributed by atoms with Gasteiger partial charge >= 0.3 is 0 Å². The second-order valence-corrected chi connectivity index (χ2v) is 5.60. The van der Waals surface area contributed by atoms with Gasteiger partial charge in [0.2, 0.25) is 5.91 Å². The van der Waals surface area contributed by atoms with Crippen molar-refractivity contribution >= 4 is 23.2 Å². The number of hydrogen-bond donors (Lipinski definition) is 2. The van der Waals surface area contributed by atoms with Crippen LogP contribution in [0, 0.1) is 13.8 Å². The molecule has 0 aromatic heterocycles. The number of aliphatic hydroxyl groups excluding tert-OH is 1. The summed E-state index contributed by atoms with van der Waals surface area (Å²) in [6.07, 6.45) is -0.0648. The summed E-state index contributed by atoms with van der Waals surface area (Å²) in [4.78, 5) is 24.2. The topological polar surface area (TPSA) is 82.0 Å². The fraction of sp³-hybridized carbons (Fsp3) is 0.438. The molecular weight excluding hydrogens is 282 g/mol. The lowest BCUT2D eigenvalue weighted by Gasteiger charge is -2.25. The highest BCUT2D eigenvalue weighted by Gasteiger charge is 2.26. The van der Waals surface area contributed by atoms with E-state index in [0.29, 0.717) is 17.8 Å². The van der Waals surface area contributed by atoms with E-state index in [2.05, 4.69) is 10.4 Å². The first-order valence-electron chi connectivity index (χ1n) is 7.32. The molecule has 2 N–H and O–H groups in total. The van der Waals surface area contributed by atoms with Crippen LogP contribution < -0.4 is 10.3 Å². The Hall–Kier alpha value is -2.21. The monoisotopic (exact) mass is 303 g/mol. The number of nitrogens with zero attached hydrogens (tertiary/aromatic N) is 2. The number of nitrogens with one attached hydrogen (secondary N) is 1. The minimum atomic E-state index is -0.620. The molecule has 0 bridgehead atoms. The molecule has 1 atom stereocenters. The first-order chi connectivity index (χ1) is 10.4. The van der Waals surface area contributed by atoms with Gasteiger partial charge in [-0.15, -0.1) is 0 Å². The van der Waals surface area contributed by atoms with Gasteiger partial charge < -0.3 is 10.4 Å². The number of hydrazone groups is 1. The third-order valence-electron chi connectivity index (χ3n) is 3.45. The van der Waals surface area contributed by atoms with E-state index in [9.17, 15) is 14.7 Å². The Balaban J connectivity index is 2.26. The highest BCUT2D eigenvalue weighted by atomic mass is 16.3. The maximum Gasteiger partial charge on any atom is 0.267 e. The van der Waals surface area contributed by atoms with Crippen molar-refractivity contribution in [3.63, 3.8) is 0 Å². The molecule has 0 aliphatic carbocycles. The van der Waals surface area contributed by atoms with Crippen molar-refractivity contribution in [3.05, 3.63) is 29.3 Å². The third kappa shape index (κ3) is 3.71. The smallest absolute Gasteiger partial charge is 0.267 e. The summed E-state index contributed by atoms with van der Waals surface area (Å²) < 4.78 is 0. The lowest BCUT2D eigenvalue weighted by Crippen LogP contribution is -2.41. The first kappa shape index (κ1) is 16.2. The summed E-state index contributed by atoms with van der Waals surface area (Å²) >= 11 is 0. The van der Waals surface area contributed by atoms with Crippen molar-refractivity contribution < 1.29 is 14.7 Å². The molecule has 1 aromatic carbocycles. The summed E-state index contributed by atoms with van der Waals surface area (Å²) in [5.41, 5.74) is 2.95. The Morgan fingerprint density at radius 2 is 2.14 bits per heavy atom. The number of aliphatic hydroxyl groups is 1. The van der Waals surface area contributed by atoms with Crippen molar-refractivity contribution in [3.8, 4) is 0 Å². The van der Waals surface area contributed by atoms with Gasteiger partial charge in [0.05, 0.1) is 11.8 Å². The largest absolute Gasteiger partial charge is 0.392 e. The van der Waals surface area contributed by atoms with Crippen LogP contribution in [0.25, 0.3) is 0 Å². The zero-order chi connectivity index (χ0) is 16.3. The van der Waals surface area contributed by atoms with Crippen LogP contribution in [0.5, 0.6) is 0 Å². The second-order valence-electron chi connectivity index (χ2n) is 5.60. The van der Waals surface area contributed by atoms with Crippen LogP contribution in [-0.2, 0) is 9.59 Å². The van der Waals surface area contributed by atoms with Crippen molar-refractivity contribution in [1.29, 1.82) is 0 Å². The van der Waals surface area contributed by atoms with Gasteiger partial charge in [0.1, 0.15) is 5.71 Å². The predicted octanol–water partition coefficient (Wildman–Crippen LogP) is 1.28. The molecule has 0 radical (unpaired) electrons. The number of hydrogen-bond acceptors (Lipinski definition) is 4. The number of carbonyl (C=O) groups is 2. The number of rotatable bonds is 4. The molecule has 0 spiro atoms. The molecule has 1 aliphatic rings.